The smallest absolute Gasteiger partial charge is 0.206 e. The molecule has 0 spiro atoms. The first-order chi connectivity index (χ1) is 6.58. The van der Waals surface area contributed by atoms with Gasteiger partial charge in [0.15, 0.2) is 5.13 Å². The van der Waals surface area contributed by atoms with Gasteiger partial charge in [-0.15, -0.1) is 11.3 Å². The molecule has 0 aliphatic rings. The Morgan fingerprint density at radius 3 is 2.43 bits per heavy atom. The van der Waals surface area contributed by atoms with Crippen LogP contribution in [0.1, 0.15) is 12.0 Å². The van der Waals surface area contributed by atoms with Crippen molar-refractivity contribution in [3.63, 3.8) is 0 Å². The lowest BCUT2D eigenvalue weighted by Crippen LogP contribution is -1.89. The first kappa shape index (κ1) is 9.45. The first-order valence-electron chi connectivity index (χ1n) is 3.74. The number of alkyl halides is 2. The lowest BCUT2D eigenvalue weighted by Gasteiger charge is -2.00. The minimum Gasteiger partial charge on any atom is -0.206 e. The Morgan fingerprint density at radius 1 is 1.07 bits per heavy atom. The highest BCUT2D eigenvalue weighted by molar-refractivity contribution is 7.17. The quantitative estimate of drug-likeness (QED) is 0.634. The predicted molar refractivity (Wildman–Crippen MR) is 46.7 cm³/mol. The molecule has 0 radical (unpaired) electrons. The Morgan fingerprint density at radius 2 is 1.79 bits per heavy atom. The maximum absolute atomic E-state index is 13.0. The summed E-state index contributed by atoms with van der Waals surface area (Å²) >= 11 is 0.726. The summed E-state index contributed by atoms with van der Waals surface area (Å²) in [6.07, 6.45) is -2.87. The number of rotatable bonds is 1. The largest absolute Gasteiger partial charge is 0.266 e. The summed E-state index contributed by atoms with van der Waals surface area (Å²) in [5.74, 6) is -0.995. The zero-order valence-electron chi connectivity index (χ0n) is 6.73. The molecular formula is C9H4F4S. The molecule has 0 N–H and O–H groups in total. The SMILES string of the molecule is Fc1cc2cc(F)c(C(F)F)cc2s1. The van der Waals surface area contributed by atoms with Crippen LogP contribution in [0.3, 0.4) is 0 Å². The third-order valence-corrected chi connectivity index (χ3v) is 2.73. The van der Waals surface area contributed by atoms with Gasteiger partial charge in [-0.1, -0.05) is 0 Å². The van der Waals surface area contributed by atoms with Gasteiger partial charge >= 0.3 is 0 Å². The number of hydrogen-bond acceptors (Lipinski definition) is 1. The number of thiophene rings is 1. The lowest BCUT2D eigenvalue weighted by molar-refractivity contribution is 0.146. The van der Waals surface area contributed by atoms with Crippen molar-refractivity contribution in [2.45, 2.75) is 6.43 Å². The summed E-state index contributed by atoms with van der Waals surface area (Å²) in [6.45, 7) is 0. The third-order valence-electron chi connectivity index (χ3n) is 1.84. The topological polar surface area (TPSA) is 0 Å². The van der Waals surface area contributed by atoms with Crippen molar-refractivity contribution in [2.75, 3.05) is 0 Å². The van der Waals surface area contributed by atoms with E-state index in [1.807, 2.05) is 0 Å². The van der Waals surface area contributed by atoms with E-state index in [-0.39, 0.29) is 0 Å². The van der Waals surface area contributed by atoms with Crippen molar-refractivity contribution in [3.8, 4) is 0 Å². The molecule has 0 nitrogen and oxygen atoms in total. The molecule has 2 rings (SSSR count). The van der Waals surface area contributed by atoms with Crippen molar-refractivity contribution in [3.05, 3.63) is 34.7 Å². The highest BCUT2D eigenvalue weighted by Crippen LogP contribution is 2.31. The van der Waals surface area contributed by atoms with Crippen LogP contribution in [0.25, 0.3) is 10.1 Å². The fourth-order valence-corrected chi connectivity index (χ4v) is 2.03. The van der Waals surface area contributed by atoms with E-state index < -0.39 is 22.9 Å². The van der Waals surface area contributed by atoms with E-state index in [0.29, 0.717) is 10.1 Å². The maximum Gasteiger partial charge on any atom is 0.266 e. The normalized spacial score (nSPS) is 11.5. The predicted octanol–water partition coefficient (Wildman–Crippen LogP) is 4.12. The van der Waals surface area contributed by atoms with Crippen LogP contribution in [0.2, 0.25) is 0 Å². The van der Waals surface area contributed by atoms with Crippen molar-refractivity contribution >= 4 is 21.4 Å². The average Bonchev–Trinajstić information content (AvgIpc) is 2.42. The minimum atomic E-state index is -2.87. The van der Waals surface area contributed by atoms with E-state index in [1.54, 1.807) is 0 Å². The van der Waals surface area contributed by atoms with Gasteiger partial charge < -0.3 is 0 Å². The van der Waals surface area contributed by atoms with Crippen LogP contribution >= 0.6 is 11.3 Å². The van der Waals surface area contributed by atoms with Crippen LogP contribution in [-0.4, -0.2) is 0 Å². The van der Waals surface area contributed by atoms with E-state index in [1.165, 1.54) is 0 Å². The zero-order valence-corrected chi connectivity index (χ0v) is 7.55. The molecule has 0 atom stereocenters. The molecule has 0 bridgehead atoms. The van der Waals surface area contributed by atoms with E-state index in [2.05, 4.69) is 0 Å². The fourth-order valence-electron chi connectivity index (χ4n) is 1.21. The molecule has 0 aliphatic heterocycles. The molecule has 0 saturated carbocycles. The molecule has 74 valence electrons. The van der Waals surface area contributed by atoms with Crippen LogP contribution < -0.4 is 0 Å². The number of halogens is 4. The van der Waals surface area contributed by atoms with Gasteiger partial charge in [-0.25, -0.2) is 13.2 Å². The van der Waals surface area contributed by atoms with Crippen LogP contribution in [0.4, 0.5) is 17.6 Å². The lowest BCUT2D eigenvalue weighted by atomic mass is 10.2. The number of benzene rings is 1. The Labute approximate surface area is 80.8 Å². The summed E-state index contributed by atoms with van der Waals surface area (Å²) in [6, 6.07) is 3.04. The van der Waals surface area contributed by atoms with Crippen LogP contribution in [0, 0.1) is 10.9 Å². The summed E-state index contributed by atoms with van der Waals surface area (Å²) in [5, 5.41) is -0.194. The summed E-state index contributed by atoms with van der Waals surface area (Å²) < 4.78 is 50.5. The van der Waals surface area contributed by atoms with Gasteiger partial charge in [0, 0.05) is 4.70 Å². The summed E-state index contributed by atoms with van der Waals surface area (Å²) in [4.78, 5) is 0. The van der Waals surface area contributed by atoms with Gasteiger partial charge in [0.25, 0.3) is 6.43 Å². The van der Waals surface area contributed by atoms with Gasteiger partial charge in [-0.2, -0.15) is 4.39 Å². The number of hydrogen-bond donors (Lipinski definition) is 0. The minimum absolute atomic E-state index is 0.314. The van der Waals surface area contributed by atoms with Gasteiger partial charge in [0.2, 0.25) is 0 Å². The first-order valence-corrected chi connectivity index (χ1v) is 4.56. The van der Waals surface area contributed by atoms with Gasteiger partial charge in [0.1, 0.15) is 5.82 Å². The molecule has 5 heteroatoms. The molecule has 0 aliphatic carbocycles. The Hall–Kier alpha value is -1.10. The monoisotopic (exact) mass is 220 g/mol. The Kier molecular flexibility index (Phi) is 2.19. The van der Waals surface area contributed by atoms with Gasteiger partial charge in [-0.05, 0) is 23.6 Å². The fraction of sp³-hybridized carbons (Fsp3) is 0.111. The van der Waals surface area contributed by atoms with E-state index in [0.717, 1.165) is 29.5 Å². The third kappa shape index (κ3) is 1.48. The summed E-state index contributed by atoms with van der Waals surface area (Å²) in [7, 11) is 0. The molecule has 14 heavy (non-hydrogen) atoms. The maximum atomic E-state index is 13.0. The molecule has 1 heterocycles. The van der Waals surface area contributed by atoms with E-state index in [9.17, 15) is 17.6 Å². The summed E-state index contributed by atoms with van der Waals surface area (Å²) in [5.41, 5.74) is -0.681. The van der Waals surface area contributed by atoms with Crippen molar-refractivity contribution in [1.82, 2.24) is 0 Å². The van der Waals surface area contributed by atoms with Crippen molar-refractivity contribution in [1.29, 1.82) is 0 Å². The highest BCUT2D eigenvalue weighted by Gasteiger charge is 2.15. The second-order valence-corrected chi connectivity index (χ2v) is 3.80. The molecule has 0 unspecified atom stereocenters. The molecule has 1 aromatic carbocycles. The molecule has 0 amide bonds. The molecule has 0 saturated heterocycles. The zero-order chi connectivity index (χ0) is 10.3. The second kappa shape index (κ2) is 3.24. The van der Waals surface area contributed by atoms with Crippen LogP contribution in [0.5, 0.6) is 0 Å². The standard InChI is InChI=1S/C9H4F4S/c10-6-1-4-2-8(11)14-7(4)3-5(6)9(12)13/h1-3,9H. The Balaban J connectivity index is 2.70. The average molecular weight is 220 g/mol. The van der Waals surface area contributed by atoms with Crippen LogP contribution in [0.15, 0.2) is 18.2 Å². The highest BCUT2D eigenvalue weighted by atomic mass is 32.1. The van der Waals surface area contributed by atoms with Crippen molar-refractivity contribution in [2.24, 2.45) is 0 Å². The van der Waals surface area contributed by atoms with Crippen molar-refractivity contribution < 1.29 is 17.6 Å². The van der Waals surface area contributed by atoms with E-state index in [4.69, 9.17) is 0 Å². The van der Waals surface area contributed by atoms with Gasteiger partial charge in [0.05, 0.1) is 5.56 Å². The second-order valence-electron chi connectivity index (χ2n) is 2.76. The van der Waals surface area contributed by atoms with Gasteiger partial charge in [-0.3, -0.25) is 0 Å². The molecule has 1 aromatic heterocycles. The number of fused-ring (bicyclic) bond motifs is 1. The van der Waals surface area contributed by atoms with E-state index >= 15 is 0 Å². The molecule has 2 aromatic rings. The van der Waals surface area contributed by atoms with Crippen LogP contribution in [-0.2, 0) is 0 Å². The molecule has 0 fully saturated rings. The molecular weight excluding hydrogens is 216 g/mol. The Bertz CT molecular complexity index is 475.